The summed E-state index contributed by atoms with van der Waals surface area (Å²) in [6.07, 6.45) is 3.08. The fourth-order valence-corrected chi connectivity index (χ4v) is 1.74. The Kier molecular flexibility index (Phi) is 4.05. The summed E-state index contributed by atoms with van der Waals surface area (Å²) in [4.78, 5) is 11.5. The maximum Gasteiger partial charge on any atom is 0.244 e. The lowest BCUT2D eigenvalue weighted by Gasteiger charge is -2.26. The Morgan fingerprint density at radius 1 is 1.41 bits per heavy atom. The standard InChI is InChI=1S/C12H11Cl2NO2/c13-9-2-3-11(14)8(5-9)1-4-12(16)15-10-6-17-7-10/h1-5,10H,6-7H2,(H,15,16). The molecule has 0 aliphatic carbocycles. The van der Waals surface area contributed by atoms with Crippen LogP contribution in [0.15, 0.2) is 24.3 Å². The lowest BCUT2D eigenvalue weighted by atomic mass is 10.2. The molecule has 0 aromatic heterocycles. The third-order valence-electron chi connectivity index (χ3n) is 2.36. The average molecular weight is 272 g/mol. The van der Waals surface area contributed by atoms with E-state index in [9.17, 15) is 4.79 Å². The zero-order valence-corrected chi connectivity index (χ0v) is 10.5. The van der Waals surface area contributed by atoms with Crippen LogP contribution in [0.5, 0.6) is 0 Å². The van der Waals surface area contributed by atoms with Gasteiger partial charge in [-0.15, -0.1) is 0 Å². The summed E-state index contributed by atoms with van der Waals surface area (Å²) in [7, 11) is 0. The SMILES string of the molecule is O=C(C=Cc1cc(Cl)ccc1Cl)NC1COC1. The first kappa shape index (κ1) is 12.4. The van der Waals surface area contributed by atoms with Crippen molar-refractivity contribution in [3.05, 3.63) is 39.9 Å². The smallest absolute Gasteiger partial charge is 0.244 e. The molecular weight excluding hydrogens is 261 g/mol. The monoisotopic (exact) mass is 271 g/mol. The van der Waals surface area contributed by atoms with Crippen LogP contribution in [-0.2, 0) is 9.53 Å². The van der Waals surface area contributed by atoms with Crippen molar-refractivity contribution in [3.8, 4) is 0 Å². The van der Waals surface area contributed by atoms with Gasteiger partial charge in [0.15, 0.2) is 0 Å². The van der Waals surface area contributed by atoms with E-state index in [1.54, 1.807) is 24.3 Å². The molecule has 0 unspecified atom stereocenters. The number of hydrogen-bond acceptors (Lipinski definition) is 2. The van der Waals surface area contributed by atoms with Crippen LogP contribution in [0.25, 0.3) is 6.08 Å². The van der Waals surface area contributed by atoms with Crippen molar-refractivity contribution >= 4 is 35.2 Å². The quantitative estimate of drug-likeness (QED) is 0.859. The number of carbonyl (C=O) groups is 1. The van der Waals surface area contributed by atoms with Gasteiger partial charge in [0.25, 0.3) is 0 Å². The zero-order chi connectivity index (χ0) is 12.3. The van der Waals surface area contributed by atoms with Gasteiger partial charge < -0.3 is 10.1 Å². The van der Waals surface area contributed by atoms with Gasteiger partial charge in [-0.25, -0.2) is 0 Å². The van der Waals surface area contributed by atoms with Gasteiger partial charge in [0.05, 0.1) is 19.3 Å². The Morgan fingerprint density at radius 2 is 2.18 bits per heavy atom. The van der Waals surface area contributed by atoms with E-state index in [4.69, 9.17) is 27.9 Å². The molecule has 1 aliphatic heterocycles. The Morgan fingerprint density at radius 3 is 2.82 bits per heavy atom. The van der Waals surface area contributed by atoms with Crippen molar-refractivity contribution in [2.24, 2.45) is 0 Å². The predicted molar refractivity (Wildman–Crippen MR) is 68.2 cm³/mol. The van der Waals surface area contributed by atoms with Gasteiger partial charge in [-0.3, -0.25) is 4.79 Å². The predicted octanol–water partition coefficient (Wildman–Crippen LogP) is 2.52. The molecule has 5 heteroatoms. The van der Waals surface area contributed by atoms with Crippen LogP contribution in [-0.4, -0.2) is 25.2 Å². The Hall–Kier alpha value is -1.03. The first-order valence-corrected chi connectivity index (χ1v) is 5.92. The first-order chi connectivity index (χ1) is 8.15. The first-order valence-electron chi connectivity index (χ1n) is 5.16. The van der Waals surface area contributed by atoms with Crippen molar-refractivity contribution in [3.63, 3.8) is 0 Å². The van der Waals surface area contributed by atoms with Gasteiger partial charge in [0.1, 0.15) is 0 Å². The van der Waals surface area contributed by atoms with Crippen LogP contribution in [0.2, 0.25) is 10.0 Å². The van der Waals surface area contributed by atoms with E-state index in [0.717, 1.165) is 5.56 Å². The van der Waals surface area contributed by atoms with Gasteiger partial charge in [-0.1, -0.05) is 23.2 Å². The number of amides is 1. The average Bonchev–Trinajstić information content (AvgIpc) is 2.25. The highest BCUT2D eigenvalue weighted by Crippen LogP contribution is 2.21. The maximum absolute atomic E-state index is 11.5. The molecule has 1 fully saturated rings. The van der Waals surface area contributed by atoms with Gasteiger partial charge in [0.2, 0.25) is 5.91 Å². The molecule has 1 amide bonds. The van der Waals surface area contributed by atoms with E-state index in [1.807, 2.05) is 0 Å². The number of halogens is 2. The Bertz CT molecular complexity index is 456. The maximum atomic E-state index is 11.5. The zero-order valence-electron chi connectivity index (χ0n) is 8.95. The van der Waals surface area contributed by atoms with Crippen molar-refractivity contribution < 1.29 is 9.53 Å². The van der Waals surface area contributed by atoms with Gasteiger partial charge in [-0.2, -0.15) is 0 Å². The minimum atomic E-state index is -0.158. The van der Waals surface area contributed by atoms with Crippen molar-refractivity contribution in [2.45, 2.75) is 6.04 Å². The molecule has 0 bridgehead atoms. The summed E-state index contributed by atoms with van der Waals surface area (Å²) in [5, 5.41) is 3.94. The molecule has 1 aliphatic rings. The second-order valence-electron chi connectivity index (χ2n) is 3.74. The van der Waals surface area contributed by atoms with Crippen LogP contribution < -0.4 is 5.32 Å². The summed E-state index contributed by atoms with van der Waals surface area (Å²) in [6, 6.07) is 5.23. The molecule has 90 valence electrons. The molecule has 0 radical (unpaired) electrons. The highest BCUT2D eigenvalue weighted by atomic mass is 35.5. The van der Waals surface area contributed by atoms with Crippen LogP contribution in [0, 0.1) is 0 Å². The number of ether oxygens (including phenoxy) is 1. The van der Waals surface area contributed by atoms with Gasteiger partial charge >= 0.3 is 0 Å². The summed E-state index contributed by atoms with van der Waals surface area (Å²) < 4.78 is 4.96. The molecule has 1 aromatic carbocycles. The minimum absolute atomic E-state index is 0.127. The van der Waals surface area contributed by atoms with Crippen LogP contribution in [0.4, 0.5) is 0 Å². The molecule has 1 aromatic rings. The van der Waals surface area contributed by atoms with E-state index >= 15 is 0 Å². The Balaban J connectivity index is 1.98. The van der Waals surface area contributed by atoms with E-state index in [2.05, 4.69) is 5.32 Å². The fraction of sp³-hybridized carbons (Fsp3) is 0.250. The summed E-state index contributed by atoms with van der Waals surface area (Å²) in [5.74, 6) is -0.158. The second-order valence-corrected chi connectivity index (χ2v) is 4.59. The molecule has 1 saturated heterocycles. The lowest BCUT2D eigenvalue weighted by molar-refractivity contribution is -0.120. The van der Waals surface area contributed by atoms with Crippen molar-refractivity contribution in [2.75, 3.05) is 13.2 Å². The number of hydrogen-bond donors (Lipinski definition) is 1. The van der Waals surface area contributed by atoms with Crippen LogP contribution >= 0.6 is 23.2 Å². The highest BCUT2D eigenvalue weighted by Gasteiger charge is 2.18. The summed E-state index contributed by atoms with van der Waals surface area (Å²) >= 11 is 11.8. The normalized spacial score (nSPS) is 15.9. The number of benzene rings is 1. The molecule has 1 N–H and O–H groups in total. The molecule has 0 saturated carbocycles. The molecule has 0 spiro atoms. The number of nitrogens with one attached hydrogen (secondary N) is 1. The summed E-state index contributed by atoms with van der Waals surface area (Å²) in [5.41, 5.74) is 0.721. The summed E-state index contributed by atoms with van der Waals surface area (Å²) in [6.45, 7) is 1.16. The molecule has 2 rings (SSSR count). The van der Waals surface area contributed by atoms with Crippen molar-refractivity contribution in [1.29, 1.82) is 0 Å². The van der Waals surface area contributed by atoms with E-state index in [-0.39, 0.29) is 11.9 Å². The van der Waals surface area contributed by atoms with Crippen LogP contribution in [0.3, 0.4) is 0 Å². The largest absolute Gasteiger partial charge is 0.377 e. The molecule has 0 atom stereocenters. The topological polar surface area (TPSA) is 38.3 Å². The van der Waals surface area contributed by atoms with Gasteiger partial charge in [0, 0.05) is 16.1 Å². The lowest BCUT2D eigenvalue weighted by Crippen LogP contribution is -2.48. The molecular formula is C12H11Cl2NO2. The van der Waals surface area contributed by atoms with Crippen LogP contribution in [0.1, 0.15) is 5.56 Å². The van der Waals surface area contributed by atoms with E-state index in [1.165, 1.54) is 6.08 Å². The Labute approximate surface area is 109 Å². The molecule has 3 nitrogen and oxygen atoms in total. The molecule has 1 heterocycles. The van der Waals surface area contributed by atoms with E-state index in [0.29, 0.717) is 23.3 Å². The van der Waals surface area contributed by atoms with Gasteiger partial charge in [-0.05, 0) is 29.8 Å². The third-order valence-corrected chi connectivity index (χ3v) is 2.94. The highest BCUT2D eigenvalue weighted by molar-refractivity contribution is 6.34. The second kappa shape index (κ2) is 5.54. The van der Waals surface area contributed by atoms with E-state index < -0.39 is 0 Å². The van der Waals surface area contributed by atoms with Crippen molar-refractivity contribution in [1.82, 2.24) is 5.32 Å². The number of rotatable bonds is 3. The number of carbonyl (C=O) groups excluding carboxylic acids is 1. The molecule has 17 heavy (non-hydrogen) atoms. The minimum Gasteiger partial charge on any atom is -0.377 e. The third kappa shape index (κ3) is 3.46. The fourth-order valence-electron chi connectivity index (χ4n) is 1.38.